The van der Waals surface area contributed by atoms with Crippen LogP contribution in [0.25, 0.3) is 11.0 Å². The SMILES string of the molecule is COc1cccc2cc(C(=O)C3=C(O)C(=O)N(c4nnc(SCc5ccc(F)cc5)s4)C3c3cccc(Oc4ccccc4)c3)oc12. The number of thioether (sulfide) groups is 1. The van der Waals surface area contributed by atoms with E-state index in [9.17, 15) is 19.1 Å². The molecule has 0 fully saturated rings. The highest BCUT2D eigenvalue weighted by Gasteiger charge is 2.47. The van der Waals surface area contributed by atoms with Crippen LogP contribution in [0, 0.1) is 5.82 Å². The zero-order valence-corrected chi connectivity index (χ0v) is 26.3. The van der Waals surface area contributed by atoms with E-state index in [0.29, 0.717) is 43.9 Å². The van der Waals surface area contributed by atoms with Crippen LogP contribution in [-0.4, -0.2) is 34.1 Å². The summed E-state index contributed by atoms with van der Waals surface area (Å²) in [7, 11) is 1.50. The number of aliphatic hydroxyl groups excluding tert-OH is 1. The van der Waals surface area contributed by atoms with E-state index in [1.165, 1.54) is 35.9 Å². The Kier molecular flexibility index (Phi) is 8.19. The fourth-order valence-corrected chi connectivity index (χ4v) is 7.07. The van der Waals surface area contributed by atoms with Crippen molar-refractivity contribution >= 4 is 50.9 Å². The number of carbonyl (C=O) groups excluding carboxylic acids is 2. The van der Waals surface area contributed by atoms with Gasteiger partial charge >= 0.3 is 0 Å². The van der Waals surface area contributed by atoms with Crippen molar-refractivity contribution < 1.29 is 33.0 Å². The molecule has 0 spiro atoms. The molecule has 234 valence electrons. The fraction of sp³-hybridized carbons (Fsp3) is 0.0857. The van der Waals surface area contributed by atoms with Gasteiger partial charge in [0.2, 0.25) is 10.9 Å². The van der Waals surface area contributed by atoms with Crippen LogP contribution in [0.15, 0.2) is 123 Å². The minimum Gasteiger partial charge on any atom is -0.503 e. The Morgan fingerprint density at radius 2 is 1.74 bits per heavy atom. The van der Waals surface area contributed by atoms with Crippen LogP contribution in [-0.2, 0) is 10.5 Å². The van der Waals surface area contributed by atoms with E-state index in [-0.39, 0.29) is 22.3 Å². The quantitative estimate of drug-likeness (QED) is 0.0877. The highest BCUT2D eigenvalue weighted by atomic mass is 32.2. The molecule has 0 saturated carbocycles. The number of amides is 1. The monoisotopic (exact) mass is 665 g/mol. The van der Waals surface area contributed by atoms with Crippen molar-refractivity contribution in [3.8, 4) is 17.2 Å². The van der Waals surface area contributed by atoms with Crippen molar-refractivity contribution in [3.63, 3.8) is 0 Å². The summed E-state index contributed by atoms with van der Waals surface area (Å²) in [6, 6.07) is 28.0. The van der Waals surface area contributed by atoms with Crippen molar-refractivity contribution in [1.82, 2.24) is 10.2 Å². The summed E-state index contributed by atoms with van der Waals surface area (Å²) in [5, 5.41) is 20.6. The number of hydrogen-bond acceptors (Lipinski definition) is 10. The highest BCUT2D eigenvalue weighted by Crippen LogP contribution is 2.45. The first-order chi connectivity index (χ1) is 22.9. The number of fused-ring (bicyclic) bond motifs is 1. The van der Waals surface area contributed by atoms with Crippen LogP contribution in [0.5, 0.6) is 17.2 Å². The van der Waals surface area contributed by atoms with Gasteiger partial charge in [-0.15, -0.1) is 10.2 Å². The van der Waals surface area contributed by atoms with Gasteiger partial charge in [-0.2, -0.15) is 0 Å². The molecule has 0 radical (unpaired) electrons. The van der Waals surface area contributed by atoms with E-state index in [1.807, 2.05) is 18.2 Å². The summed E-state index contributed by atoms with van der Waals surface area (Å²) >= 11 is 2.50. The molecule has 4 aromatic carbocycles. The van der Waals surface area contributed by atoms with Crippen molar-refractivity contribution in [2.24, 2.45) is 0 Å². The number of carbonyl (C=O) groups is 2. The lowest BCUT2D eigenvalue weighted by Gasteiger charge is -2.24. The lowest BCUT2D eigenvalue weighted by molar-refractivity contribution is -0.117. The topological polar surface area (TPSA) is 115 Å². The van der Waals surface area contributed by atoms with Crippen LogP contribution in [0.1, 0.15) is 27.7 Å². The number of furan rings is 1. The minimum atomic E-state index is -1.09. The number of anilines is 1. The molecule has 12 heteroatoms. The van der Waals surface area contributed by atoms with Crippen LogP contribution >= 0.6 is 23.1 Å². The lowest BCUT2D eigenvalue weighted by Crippen LogP contribution is -2.31. The summed E-state index contributed by atoms with van der Waals surface area (Å²) in [6.07, 6.45) is 0. The molecule has 1 aliphatic rings. The lowest BCUT2D eigenvalue weighted by atomic mass is 9.95. The third-order valence-electron chi connectivity index (χ3n) is 7.43. The Morgan fingerprint density at radius 1 is 0.979 bits per heavy atom. The second-order valence-corrected chi connectivity index (χ2v) is 12.6. The van der Waals surface area contributed by atoms with Gasteiger partial charge in [-0.25, -0.2) is 4.39 Å². The molecule has 3 heterocycles. The number of para-hydroxylation sites is 2. The van der Waals surface area contributed by atoms with Gasteiger partial charge in [-0.05, 0) is 59.7 Å². The number of nitrogens with zero attached hydrogens (tertiary/aromatic N) is 3. The number of methoxy groups -OCH3 is 1. The molecular weight excluding hydrogens is 642 g/mol. The zero-order chi connectivity index (χ0) is 32.5. The predicted molar refractivity (Wildman–Crippen MR) is 176 cm³/mol. The number of hydrogen-bond donors (Lipinski definition) is 1. The maximum atomic E-state index is 14.2. The Morgan fingerprint density at radius 3 is 2.53 bits per heavy atom. The Bertz CT molecular complexity index is 2150. The van der Waals surface area contributed by atoms with Crippen molar-refractivity contribution in [1.29, 1.82) is 0 Å². The maximum Gasteiger partial charge on any atom is 0.296 e. The largest absolute Gasteiger partial charge is 0.503 e. The molecule has 1 unspecified atom stereocenters. The first-order valence-corrected chi connectivity index (χ1v) is 16.1. The van der Waals surface area contributed by atoms with Gasteiger partial charge in [-0.3, -0.25) is 14.5 Å². The predicted octanol–water partition coefficient (Wildman–Crippen LogP) is 8.30. The Hall–Kier alpha value is -5.46. The number of ether oxygens (including phenoxy) is 2. The first kappa shape index (κ1) is 30.2. The summed E-state index contributed by atoms with van der Waals surface area (Å²) < 4.78 is 31.3. The number of ketones is 1. The fourth-order valence-electron chi connectivity index (χ4n) is 5.25. The number of rotatable bonds is 10. The van der Waals surface area contributed by atoms with Crippen LogP contribution in [0.4, 0.5) is 9.52 Å². The summed E-state index contributed by atoms with van der Waals surface area (Å²) in [6.45, 7) is 0. The van der Waals surface area contributed by atoms with Gasteiger partial charge in [-0.1, -0.05) is 77.7 Å². The van der Waals surface area contributed by atoms with E-state index in [1.54, 1.807) is 72.8 Å². The second-order valence-electron chi connectivity index (χ2n) is 10.4. The molecule has 1 aliphatic heterocycles. The standard InChI is InChI=1S/C35H24FN3O6S2/c1-43-26-12-6-8-22-18-27(45-32(22)26)30(40)28-29(21-7-5-11-25(17-21)44-24-9-3-2-4-10-24)39(33(42)31(28)41)34-37-38-35(47-34)46-19-20-13-15-23(36)16-14-20/h2-18,29,41H,19H2,1H3. The van der Waals surface area contributed by atoms with E-state index in [2.05, 4.69) is 10.2 Å². The van der Waals surface area contributed by atoms with E-state index < -0.39 is 23.5 Å². The third kappa shape index (κ3) is 5.96. The smallest absolute Gasteiger partial charge is 0.296 e. The number of Topliss-reactive ketones (excluding diaryl/α,β-unsaturated/α-hetero) is 1. The number of aliphatic hydroxyl groups is 1. The molecule has 2 aromatic heterocycles. The number of halogens is 1. The van der Waals surface area contributed by atoms with Gasteiger partial charge in [0.15, 0.2) is 27.2 Å². The summed E-state index contributed by atoms with van der Waals surface area (Å²) in [5.41, 5.74) is 1.55. The van der Waals surface area contributed by atoms with Gasteiger partial charge in [0.1, 0.15) is 17.3 Å². The van der Waals surface area contributed by atoms with E-state index in [0.717, 1.165) is 16.9 Å². The Labute approximate surface area is 275 Å². The van der Waals surface area contributed by atoms with Crippen molar-refractivity contribution in [3.05, 3.63) is 137 Å². The molecule has 0 saturated heterocycles. The molecular formula is C35H24FN3O6S2. The molecule has 47 heavy (non-hydrogen) atoms. The molecule has 1 N–H and O–H groups in total. The molecule has 7 rings (SSSR count). The summed E-state index contributed by atoms with van der Waals surface area (Å²) in [4.78, 5) is 29.2. The molecule has 0 bridgehead atoms. The van der Waals surface area contributed by atoms with Gasteiger partial charge < -0.3 is 19.0 Å². The molecule has 1 atom stereocenters. The Balaban J connectivity index is 1.27. The van der Waals surface area contributed by atoms with Gasteiger partial charge in [0.25, 0.3) is 5.91 Å². The van der Waals surface area contributed by atoms with Crippen molar-refractivity contribution in [2.75, 3.05) is 12.0 Å². The zero-order valence-electron chi connectivity index (χ0n) is 24.6. The highest BCUT2D eigenvalue weighted by molar-refractivity contribution is 8.00. The van der Waals surface area contributed by atoms with Crippen LogP contribution in [0.2, 0.25) is 0 Å². The molecule has 6 aromatic rings. The molecule has 0 aliphatic carbocycles. The molecule has 9 nitrogen and oxygen atoms in total. The third-order valence-corrected chi connectivity index (χ3v) is 9.56. The van der Waals surface area contributed by atoms with Crippen molar-refractivity contribution in [2.45, 2.75) is 16.1 Å². The van der Waals surface area contributed by atoms with E-state index >= 15 is 0 Å². The maximum absolute atomic E-state index is 14.2. The van der Waals surface area contributed by atoms with E-state index in [4.69, 9.17) is 13.9 Å². The van der Waals surface area contributed by atoms with Crippen LogP contribution < -0.4 is 14.4 Å². The second kappa shape index (κ2) is 12.7. The minimum absolute atomic E-state index is 0.0739. The normalized spacial score (nSPS) is 14.6. The van der Waals surface area contributed by atoms with Gasteiger partial charge in [0, 0.05) is 11.1 Å². The first-order valence-electron chi connectivity index (χ1n) is 14.3. The average Bonchev–Trinajstić information content (AvgIpc) is 3.81. The average molecular weight is 666 g/mol. The number of benzene rings is 4. The number of aromatic nitrogens is 2. The van der Waals surface area contributed by atoms with Crippen LogP contribution in [0.3, 0.4) is 0 Å². The molecule has 1 amide bonds. The summed E-state index contributed by atoms with van der Waals surface area (Å²) in [5.74, 6) is -0.624. The van der Waals surface area contributed by atoms with Gasteiger partial charge in [0.05, 0.1) is 18.7 Å².